The molecule has 2 rings (SSSR count). The normalized spacial score (nSPS) is 24.4. The van der Waals surface area contributed by atoms with Gasteiger partial charge < -0.3 is 14.4 Å². The van der Waals surface area contributed by atoms with Crippen molar-refractivity contribution in [1.29, 1.82) is 0 Å². The monoisotopic (exact) mass is 387 g/mol. The van der Waals surface area contributed by atoms with Gasteiger partial charge in [0.05, 0.1) is 12.2 Å². The van der Waals surface area contributed by atoms with Gasteiger partial charge in [0.25, 0.3) is 0 Å². The molecule has 2 atom stereocenters. The molecular weight excluding hydrogens is 350 g/mol. The molecule has 4 heteroatoms. The minimum absolute atomic E-state index is 0.260. The van der Waals surface area contributed by atoms with Crippen molar-refractivity contribution >= 4 is 5.97 Å². The van der Waals surface area contributed by atoms with Crippen LogP contribution in [-0.2, 0) is 14.3 Å². The maximum absolute atomic E-state index is 12.4. The zero-order chi connectivity index (χ0) is 20.5. The Balaban J connectivity index is 2.21. The van der Waals surface area contributed by atoms with E-state index in [1.165, 1.54) is 6.42 Å². The van der Waals surface area contributed by atoms with Crippen LogP contribution in [0.25, 0.3) is 0 Å². The maximum atomic E-state index is 12.4. The number of allylic oxidation sites excluding steroid dienone is 4. The van der Waals surface area contributed by atoms with E-state index in [4.69, 9.17) is 9.47 Å². The molecule has 0 aliphatic carbocycles. The van der Waals surface area contributed by atoms with Gasteiger partial charge >= 0.3 is 5.97 Å². The molecule has 28 heavy (non-hydrogen) atoms. The number of hydrogen-bond donors (Lipinski definition) is 0. The van der Waals surface area contributed by atoms with Crippen LogP contribution < -0.4 is 0 Å². The van der Waals surface area contributed by atoms with Crippen LogP contribution in [0.15, 0.2) is 47.3 Å². The number of ether oxygens (including phenoxy) is 2. The number of unbranched alkanes of at least 4 members (excludes halogenated alkanes) is 1. The van der Waals surface area contributed by atoms with E-state index in [1.54, 1.807) is 0 Å². The molecule has 0 spiro atoms. The van der Waals surface area contributed by atoms with Gasteiger partial charge in [-0.05, 0) is 69.1 Å². The van der Waals surface area contributed by atoms with E-state index in [-0.39, 0.29) is 5.97 Å². The van der Waals surface area contributed by atoms with Crippen LogP contribution in [0.3, 0.4) is 0 Å². The Hall–Kier alpha value is -1.81. The Bertz CT molecular complexity index is 644. The van der Waals surface area contributed by atoms with Gasteiger partial charge in [0, 0.05) is 31.7 Å². The number of rotatable bonds is 8. The van der Waals surface area contributed by atoms with Crippen molar-refractivity contribution in [3.8, 4) is 0 Å². The van der Waals surface area contributed by atoms with Gasteiger partial charge in [0.1, 0.15) is 0 Å². The molecule has 0 aromatic carbocycles. The summed E-state index contributed by atoms with van der Waals surface area (Å²) in [5.41, 5.74) is 3.86. The fourth-order valence-electron chi connectivity index (χ4n) is 3.67. The Morgan fingerprint density at radius 2 is 2.11 bits per heavy atom. The highest BCUT2D eigenvalue weighted by Gasteiger charge is 2.24. The van der Waals surface area contributed by atoms with Crippen LogP contribution in [0, 0.1) is 11.8 Å². The van der Waals surface area contributed by atoms with Crippen molar-refractivity contribution in [1.82, 2.24) is 4.90 Å². The van der Waals surface area contributed by atoms with E-state index < -0.39 is 0 Å². The highest BCUT2D eigenvalue weighted by atomic mass is 16.5. The molecule has 1 fully saturated rings. The third-order valence-corrected chi connectivity index (χ3v) is 5.48. The third-order valence-electron chi connectivity index (χ3n) is 5.48. The van der Waals surface area contributed by atoms with E-state index in [1.807, 2.05) is 19.1 Å². The van der Waals surface area contributed by atoms with Crippen LogP contribution in [0.4, 0.5) is 0 Å². The van der Waals surface area contributed by atoms with Gasteiger partial charge in [-0.3, -0.25) is 0 Å². The van der Waals surface area contributed by atoms with Crippen LogP contribution >= 0.6 is 0 Å². The van der Waals surface area contributed by atoms with Gasteiger partial charge in [0.15, 0.2) is 0 Å². The lowest BCUT2D eigenvalue weighted by Crippen LogP contribution is -2.24. The standard InChI is InChI=1S/C24H37NO3/c1-6-8-9-18(3)12-22-14-21(24(26)28-7-2)15-23(25(22)5)13-20-11-10-19(4)16-27-17-20/h12,14-15,19-20H,3,6-11,13,16-17H2,1-2,4-5H3/b22-12-. The smallest absolute Gasteiger partial charge is 0.338 e. The molecule has 0 bridgehead atoms. The average molecular weight is 388 g/mol. The summed E-state index contributed by atoms with van der Waals surface area (Å²) in [6, 6.07) is 0. The SMILES string of the molecule is C=C(/C=C1/C=C(C(=O)OCC)C=C(CC2CCC(C)COC2)N1C)CCCC. The summed E-state index contributed by atoms with van der Waals surface area (Å²) in [7, 11) is 2.07. The molecule has 1 saturated heterocycles. The van der Waals surface area contributed by atoms with Crippen LogP contribution in [0.5, 0.6) is 0 Å². The lowest BCUT2D eigenvalue weighted by Gasteiger charge is -2.30. The Morgan fingerprint density at radius 1 is 1.32 bits per heavy atom. The predicted octanol–water partition coefficient (Wildman–Crippen LogP) is 5.39. The highest BCUT2D eigenvalue weighted by Crippen LogP contribution is 2.31. The number of nitrogens with zero attached hydrogens (tertiary/aromatic N) is 1. The molecule has 156 valence electrons. The fourth-order valence-corrected chi connectivity index (χ4v) is 3.67. The molecule has 2 unspecified atom stereocenters. The topological polar surface area (TPSA) is 38.8 Å². The Labute approximate surface area is 171 Å². The molecule has 2 aliphatic heterocycles. The lowest BCUT2D eigenvalue weighted by molar-refractivity contribution is -0.138. The molecule has 0 saturated carbocycles. The quantitative estimate of drug-likeness (QED) is 0.524. The van der Waals surface area contributed by atoms with Gasteiger partial charge in [0.2, 0.25) is 0 Å². The van der Waals surface area contributed by atoms with Gasteiger partial charge in [-0.2, -0.15) is 0 Å². The second kappa shape index (κ2) is 11.3. The van der Waals surface area contributed by atoms with Crippen LogP contribution in [0.2, 0.25) is 0 Å². The molecule has 0 aromatic rings. The maximum Gasteiger partial charge on any atom is 0.338 e. The summed E-state index contributed by atoms with van der Waals surface area (Å²) < 4.78 is 11.1. The highest BCUT2D eigenvalue weighted by molar-refractivity contribution is 5.92. The summed E-state index contributed by atoms with van der Waals surface area (Å²) >= 11 is 0. The molecule has 0 N–H and O–H groups in total. The Morgan fingerprint density at radius 3 is 2.82 bits per heavy atom. The molecule has 0 aromatic heterocycles. The first kappa shape index (κ1) is 22.5. The van der Waals surface area contributed by atoms with Crippen molar-refractivity contribution in [2.24, 2.45) is 11.8 Å². The Kier molecular flexibility index (Phi) is 9.04. The zero-order valence-electron chi connectivity index (χ0n) is 18.1. The van der Waals surface area contributed by atoms with E-state index in [0.717, 1.165) is 62.3 Å². The summed E-state index contributed by atoms with van der Waals surface area (Å²) in [5, 5.41) is 0. The number of likely N-dealkylation sites (N-methyl/N-ethyl adjacent to an activating group) is 1. The lowest BCUT2D eigenvalue weighted by atomic mass is 9.93. The van der Waals surface area contributed by atoms with Gasteiger partial charge in [-0.1, -0.05) is 32.4 Å². The zero-order valence-corrected chi connectivity index (χ0v) is 18.1. The van der Waals surface area contributed by atoms with E-state index in [9.17, 15) is 4.79 Å². The minimum Gasteiger partial charge on any atom is -0.462 e. The molecular formula is C24H37NO3. The van der Waals surface area contributed by atoms with E-state index >= 15 is 0 Å². The second-order valence-electron chi connectivity index (χ2n) is 8.14. The number of esters is 1. The largest absolute Gasteiger partial charge is 0.462 e. The van der Waals surface area contributed by atoms with Crippen LogP contribution in [-0.4, -0.2) is 37.7 Å². The first-order valence-corrected chi connectivity index (χ1v) is 10.7. The molecule has 0 radical (unpaired) electrons. The first-order chi connectivity index (χ1) is 13.4. The van der Waals surface area contributed by atoms with Crippen LogP contribution in [0.1, 0.15) is 59.3 Å². The van der Waals surface area contributed by atoms with Gasteiger partial charge in [-0.25, -0.2) is 4.79 Å². The predicted molar refractivity (Wildman–Crippen MR) is 115 cm³/mol. The van der Waals surface area contributed by atoms with Crippen molar-refractivity contribution < 1.29 is 14.3 Å². The summed E-state index contributed by atoms with van der Waals surface area (Å²) in [6.07, 6.45) is 12.5. The van der Waals surface area contributed by atoms with Gasteiger partial charge in [-0.15, -0.1) is 0 Å². The number of carbonyl (C=O) groups excluding carboxylic acids is 1. The first-order valence-electron chi connectivity index (χ1n) is 10.7. The molecule has 4 nitrogen and oxygen atoms in total. The van der Waals surface area contributed by atoms with Crippen molar-refractivity contribution in [2.75, 3.05) is 26.9 Å². The van der Waals surface area contributed by atoms with E-state index in [2.05, 4.69) is 38.5 Å². The summed E-state index contributed by atoms with van der Waals surface area (Å²) in [4.78, 5) is 14.6. The average Bonchev–Trinajstić information content (AvgIpc) is 2.87. The van der Waals surface area contributed by atoms with Crippen molar-refractivity contribution in [3.63, 3.8) is 0 Å². The summed E-state index contributed by atoms with van der Waals surface area (Å²) in [6.45, 7) is 12.5. The fraction of sp³-hybridized carbons (Fsp3) is 0.625. The van der Waals surface area contributed by atoms with E-state index in [0.29, 0.717) is 24.0 Å². The van der Waals surface area contributed by atoms with Crippen molar-refractivity contribution in [3.05, 3.63) is 47.3 Å². The molecule has 2 heterocycles. The molecule has 2 aliphatic rings. The third kappa shape index (κ3) is 6.66. The minimum atomic E-state index is -0.260. The number of hydrogen-bond acceptors (Lipinski definition) is 4. The molecule has 0 amide bonds. The second-order valence-corrected chi connectivity index (χ2v) is 8.14. The van der Waals surface area contributed by atoms with Crippen molar-refractivity contribution in [2.45, 2.75) is 59.3 Å². The summed E-state index contributed by atoms with van der Waals surface area (Å²) in [5.74, 6) is 0.837. The number of carbonyl (C=O) groups is 1.